The Bertz CT molecular complexity index is 704. The van der Waals surface area contributed by atoms with Crippen molar-refractivity contribution in [1.82, 2.24) is 0 Å². The molecule has 5 aliphatic rings. The number of carbonyl (C=O) groups excluding carboxylic acids is 1. The Hall–Kier alpha value is -0.410. The van der Waals surface area contributed by atoms with Crippen molar-refractivity contribution < 1.29 is 15.0 Å². The highest BCUT2D eigenvalue weighted by molar-refractivity contribution is 5.84. The lowest BCUT2D eigenvalue weighted by molar-refractivity contribution is -0.246. The third-order valence-electron chi connectivity index (χ3n) is 11.9. The summed E-state index contributed by atoms with van der Waals surface area (Å²) in [6.07, 6.45) is 11.5. The first-order chi connectivity index (χ1) is 13.6. The first-order valence-corrected chi connectivity index (χ1v) is 12.5. The SMILES string of the molecule is CC(=O)[C@]12CCCC[C@@H]1C[C@@H]1[C@@H]3C[C@H](C)[C@@]4(O)C[C@H](O)CC[C@]4(C)[C@@H]3CC[C@]12C. The number of hydrogen-bond donors (Lipinski definition) is 2. The summed E-state index contributed by atoms with van der Waals surface area (Å²) >= 11 is 0. The van der Waals surface area contributed by atoms with Crippen LogP contribution >= 0.6 is 0 Å². The molecule has 0 bridgehead atoms. The minimum atomic E-state index is -0.733. The lowest BCUT2D eigenvalue weighted by atomic mass is 9.40. The minimum Gasteiger partial charge on any atom is -0.393 e. The van der Waals surface area contributed by atoms with Crippen molar-refractivity contribution in [2.24, 2.45) is 45.8 Å². The summed E-state index contributed by atoms with van der Waals surface area (Å²) in [7, 11) is 0. The number of carbonyl (C=O) groups is 1. The van der Waals surface area contributed by atoms with Crippen molar-refractivity contribution in [3.63, 3.8) is 0 Å². The van der Waals surface area contributed by atoms with Gasteiger partial charge in [-0.05, 0) is 98.7 Å². The van der Waals surface area contributed by atoms with E-state index in [-0.39, 0.29) is 28.3 Å². The molecule has 0 spiro atoms. The predicted molar refractivity (Wildman–Crippen MR) is 114 cm³/mol. The van der Waals surface area contributed by atoms with Gasteiger partial charge in [-0.15, -0.1) is 0 Å². The number of aliphatic hydroxyl groups excluding tert-OH is 1. The topological polar surface area (TPSA) is 57.5 Å². The highest BCUT2D eigenvalue weighted by Gasteiger charge is 2.71. The van der Waals surface area contributed by atoms with Crippen LogP contribution in [0.5, 0.6) is 0 Å². The van der Waals surface area contributed by atoms with E-state index in [0.29, 0.717) is 35.9 Å². The van der Waals surface area contributed by atoms with Crippen LogP contribution in [0.3, 0.4) is 0 Å². The highest BCUT2D eigenvalue weighted by Crippen LogP contribution is 2.75. The molecule has 0 aromatic rings. The van der Waals surface area contributed by atoms with E-state index >= 15 is 0 Å². The highest BCUT2D eigenvalue weighted by atomic mass is 16.3. The molecule has 0 unspecified atom stereocenters. The average Bonchev–Trinajstić information content (AvgIpc) is 2.95. The van der Waals surface area contributed by atoms with E-state index < -0.39 is 5.60 Å². The van der Waals surface area contributed by atoms with Crippen molar-refractivity contribution in [3.8, 4) is 0 Å². The number of fused-ring (bicyclic) bond motifs is 7. The molecule has 5 saturated carbocycles. The molecule has 164 valence electrons. The molecule has 5 rings (SSSR count). The minimum absolute atomic E-state index is 0.0818. The van der Waals surface area contributed by atoms with E-state index in [2.05, 4.69) is 20.8 Å². The third kappa shape index (κ3) is 2.30. The predicted octanol–water partition coefficient (Wildman–Crippen LogP) is 5.13. The number of Topliss-reactive ketones (excluding diaryl/α,β-unsaturated/α-hetero) is 1. The van der Waals surface area contributed by atoms with Crippen LogP contribution in [0.4, 0.5) is 0 Å². The van der Waals surface area contributed by atoms with E-state index in [9.17, 15) is 15.0 Å². The molecule has 0 aliphatic heterocycles. The Morgan fingerprint density at radius 3 is 2.38 bits per heavy atom. The first kappa shape index (κ1) is 20.5. The molecule has 5 fully saturated rings. The van der Waals surface area contributed by atoms with Gasteiger partial charge in [0.25, 0.3) is 0 Å². The Kier molecular flexibility index (Phi) is 4.46. The largest absolute Gasteiger partial charge is 0.393 e. The Balaban J connectivity index is 1.55. The summed E-state index contributed by atoms with van der Waals surface area (Å²) in [6, 6.07) is 0. The molecular formula is C26H42O3. The smallest absolute Gasteiger partial charge is 0.136 e. The van der Waals surface area contributed by atoms with Gasteiger partial charge in [0.05, 0.1) is 11.7 Å². The maximum atomic E-state index is 13.2. The Labute approximate surface area is 177 Å². The lowest BCUT2D eigenvalue weighted by Crippen LogP contribution is -2.66. The van der Waals surface area contributed by atoms with E-state index in [1.807, 2.05) is 6.92 Å². The van der Waals surface area contributed by atoms with E-state index in [4.69, 9.17) is 0 Å². The van der Waals surface area contributed by atoms with E-state index in [1.165, 1.54) is 25.7 Å². The zero-order chi connectivity index (χ0) is 20.8. The molecule has 29 heavy (non-hydrogen) atoms. The number of hydrogen-bond acceptors (Lipinski definition) is 3. The maximum Gasteiger partial charge on any atom is 0.136 e. The number of rotatable bonds is 1. The summed E-state index contributed by atoms with van der Waals surface area (Å²) in [5.41, 5.74) is -0.761. The summed E-state index contributed by atoms with van der Waals surface area (Å²) in [5.74, 6) is 3.08. The first-order valence-electron chi connectivity index (χ1n) is 12.5. The van der Waals surface area contributed by atoms with Gasteiger partial charge < -0.3 is 10.2 Å². The second-order valence-electron chi connectivity index (χ2n) is 12.4. The summed E-state index contributed by atoms with van der Waals surface area (Å²) < 4.78 is 0. The fourth-order valence-electron chi connectivity index (χ4n) is 10.5. The van der Waals surface area contributed by atoms with Gasteiger partial charge in [0.15, 0.2) is 0 Å². The van der Waals surface area contributed by atoms with Crippen LogP contribution in [0.25, 0.3) is 0 Å². The second kappa shape index (κ2) is 6.31. The molecule has 0 aromatic carbocycles. The van der Waals surface area contributed by atoms with Gasteiger partial charge in [-0.3, -0.25) is 4.79 Å². The van der Waals surface area contributed by atoms with Crippen molar-refractivity contribution in [2.45, 2.75) is 110 Å². The van der Waals surface area contributed by atoms with Gasteiger partial charge in [-0.25, -0.2) is 0 Å². The van der Waals surface area contributed by atoms with Crippen LogP contribution in [-0.2, 0) is 4.79 Å². The van der Waals surface area contributed by atoms with Crippen LogP contribution in [0.2, 0.25) is 0 Å². The van der Waals surface area contributed by atoms with Gasteiger partial charge in [-0.1, -0.05) is 33.6 Å². The molecule has 0 aromatic heterocycles. The molecule has 10 atom stereocenters. The standard InChI is InChI=1S/C26H42O3/c1-16-13-20-21(24(4)11-8-19(28)15-26(16,24)29)9-12-23(3)22(20)14-18-7-5-6-10-25(18,23)17(2)27/h16,18-22,28-29H,5-15H2,1-4H3/t16-,18+,19+,20+,21+,22+,23+,24+,25+,26-/m0/s1. The Morgan fingerprint density at radius 2 is 1.66 bits per heavy atom. The molecular weight excluding hydrogens is 360 g/mol. The zero-order valence-corrected chi connectivity index (χ0v) is 19.0. The van der Waals surface area contributed by atoms with E-state index in [0.717, 1.165) is 38.5 Å². The molecule has 0 amide bonds. The molecule has 0 radical (unpaired) electrons. The van der Waals surface area contributed by atoms with Crippen LogP contribution in [-0.4, -0.2) is 27.7 Å². The van der Waals surface area contributed by atoms with Gasteiger partial charge >= 0.3 is 0 Å². The summed E-state index contributed by atoms with van der Waals surface area (Å²) in [5, 5.41) is 22.2. The second-order valence-corrected chi connectivity index (χ2v) is 12.4. The monoisotopic (exact) mass is 402 g/mol. The van der Waals surface area contributed by atoms with Gasteiger partial charge in [0, 0.05) is 11.8 Å². The molecule has 0 heterocycles. The zero-order valence-electron chi connectivity index (χ0n) is 19.0. The van der Waals surface area contributed by atoms with Crippen LogP contribution in [0.15, 0.2) is 0 Å². The van der Waals surface area contributed by atoms with Gasteiger partial charge in [0.2, 0.25) is 0 Å². The third-order valence-corrected chi connectivity index (χ3v) is 11.9. The summed E-state index contributed by atoms with van der Waals surface area (Å²) in [4.78, 5) is 13.2. The quantitative estimate of drug-likeness (QED) is 0.639. The van der Waals surface area contributed by atoms with Crippen molar-refractivity contribution in [3.05, 3.63) is 0 Å². The van der Waals surface area contributed by atoms with Crippen LogP contribution < -0.4 is 0 Å². The summed E-state index contributed by atoms with van der Waals surface area (Å²) in [6.45, 7) is 8.96. The molecule has 3 nitrogen and oxygen atoms in total. The van der Waals surface area contributed by atoms with Gasteiger partial charge in [-0.2, -0.15) is 0 Å². The molecule has 2 N–H and O–H groups in total. The molecule has 3 heteroatoms. The molecule has 5 aliphatic carbocycles. The lowest BCUT2D eigenvalue weighted by Gasteiger charge is -2.66. The Morgan fingerprint density at radius 1 is 0.931 bits per heavy atom. The van der Waals surface area contributed by atoms with Gasteiger partial charge in [0.1, 0.15) is 5.78 Å². The fourth-order valence-corrected chi connectivity index (χ4v) is 10.5. The normalized spacial score (nSPS) is 59.2. The molecule has 0 saturated heterocycles. The van der Waals surface area contributed by atoms with Crippen LogP contribution in [0, 0.1) is 45.8 Å². The van der Waals surface area contributed by atoms with Crippen molar-refractivity contribution in [1.29, 1.82) is 0 Å². The van der Waals surface area contributed by atoms with Crippen molar-refractivity contribution in [2.75, 3.05) is 0 Å². The van der Waals surface area contributed by atoms with Crippen molar-refractivity contribution >= 4 is 5.78 Å². The number of ketones is 1. The fraction of sp³-hybridized carbons (Fsp3) is 0.962. The number of aliphatic hydroxyl groups is 2. The maximum absolute atomic E-state index is 13.2. The van der Waals surface area contributed by atoms with E-state index in [1.54, 1.807) is 0 Å². The average molecular weight is 403 g/mol. The van der Waals surface area contributed by atoms with Crippen LogP contribution in [0.1, 0.15) is 98.3 Å².